The summed E-state index contributed by atoms with van der Waals surface area (Å²) in [6.45, 7) is 10.2. The van der Waals surface area contributed by atoms with Crippen LogP contribution in [-0.4, -0.2) is 54.3 Å². The van der Waals surface area contributed by atoms with Crippen molar-refractivity contribution in [2.75, 3.05) is 39.2 Å². The molecule has 20 heavy (non-hydrogen) atoms. The molecule has 0 unspecified atom stereocenters. The number of hydrogen-bond acceptors (Lipinski definition) is 4. The van der Waals surface area contributed by atoms with Crippen LogP contribution in [0.5, 0.6) is 0 Å². The van der Waals surface area contributed by atoms with Crippen LogP contribution in [0.2, 0.25) is 0 Å². The second-order valence-electron chi connectivity index (χ2n) is 5.60. The number of unbranched alkanes of at least 4 members (excludes halogenated alkanes) is 1. The van der Waals surface area contributed by atoms with Gasteiger partial charge in [-0.15, -0.1) is 0 Å². The fourth-order valence-electron chi connectivity index (χ4n) is 2.02. The van der Waals surface area contributed by atoms with Gasteiger partial charge in [-0.1, -0.05) is 0 Å². The van der Waals surface area contributed by atoms with E-state index in [2.05, 4.69) is 46.9 Å². The fourth-order valence-corrected chi connectivity index (χ4v) is 2.02. The summed E-state index contributed by atoms with van der Waals surface area (Å²) < 4.78 is 7.26. The molecule has 5 heteroatoms. The van der Waals surface area contributed by atoms with Gasteiger partial charge in [-0.25, -0.2) is 4.98 Å². The third-order valence-electron chi connectivity index (χ3n) is 3.53. The first-order valence-corrected chi connectivity index (χ1v) is 7.51. The molecule has 1 aromatic heterocycles. The smallest absolute Gasteiger partial charge is 0.203 e. The maximum atomic E-state index is 5.05. The molecule has 0 bridgehead atoms. The molecule has 0 aliphatic carbocycles. The Morgan fingerprint density at radius 3 is 2.80 bits per heavy atom. The lowest BCUT2D eigenvalue weighted by Crippen LogP contribution is -2.27. The van der Waals surface area contributed by atoms with Crippen LogP contribution >= 0.6 is 0 Å². The average Bonchev–Trinajstić information content (AvgIpc) is 2.75. The maximum absolute atomic E-state index is 5.05. The number of ether oxygens (including phenoxy) is 1. The van der Waals surface area contributed by atoms with Gasteiger partial charge in [0, 0.05) is 32.4 Å². The zero-order valence-corrected chi connectivity index (χ0v) is 13.6. The Balaban J connectivity index is 2.35. The van der Waals surface area contributed by atoms with Crippen molar-refractivity contribution in [1.29, 1.82) is 0 Å². The molecule has 0 amide bonds. The van der Waals surface area contributed by atoms with Gasteiger partial charge in [0.15, 0.2) is 0 Å². The van der Waals surface area contributed by atoms with Crippen molar-refractivity contribution < 1.29 is 4.74 Å². The van der Waals surface area contributed by atoms with Gasteiger partial charge >= 0.3 is 0 Å². The normalized spacial score (nSPS) is 11.6. The molecule has 0 atom stereocenters. The molecule has 0 spiro atoms. The minimum absolute atomic E-state index is 0.622. The van der Waals surface area contributed by atoms with E-state index < -0.39 is 0 Å². The molecule has 0 saturated carbocycles. The summed E-state index contributed by atoms with van der Waals surface area (Å²) in [5.41, 5.74) is 1.06. The Morgan fingerprint density at radius 1 is 1.40 bits per heavy atom. The number of imidazole rings is 1. The molecular weight excluding hydrogens is 252 g/mol. The number of aryl methyl sites for hydroxylation is 2. The highest BCUT2D eigenvalue weighted by Crippen LogP contribution is 2.10. The van der Waals surface area contributed by atoms with E-state index in [4.69, 9.17) is 4.74 Å². The largest absolute Gasteiger partial charge is 0.383 e. The second kappa shape index (κ2) is 8.97. The lowest BCUT2D eigenvalue weighted by atomic mass is 10.2. The lowest BCUT2D eigenvalue weighted by Gasteiger charge is -2.20. The third kappa shape index (κ3) is 5.92. The van der Waals surface area contributed by atoms with Crippen LogP contribution in [0.1, 0.15) is 32.4 Å². The summed E-state index contributed by atoms with van der Waals surface area (Å²) in [6.07, 6.45) is 4.50. The van der Waals surface area contributed by atoms with Gasteiger partial charge in [0.25, 0.3) is 0 Å². The van der Waals surface area contributed by atoms with Crippen molar-refractivity contribution in [3.05, 3.63) is 11.9 Å². The third-order valence-corrected chi connectivity index (χ3v) is 3.53. The Kier molecular flexibility index (Phi) is 7.62. The Morgan fingerprint density at radius 2 is 2.15 bits per heavy atom. The van der Waals surface area contributed by atoms with Crippen LogP contribution in [0.3, 0.4) is 0 Å². The summed E-state index contributed by atoms with van der Waals surface area (Å²) in [4.78, 5) is 6.90. The van der Waals surface area contributed by atoms with Crippen molar-refractivity contribution in [3.63, 3.8) is 0 Å². The van der Waals surface area contributed by atoms with Gasteiger partial charge in [0.2, 0.25) is 5.95 Å². The van der Waals surface area contributed by atoms with E-state index in [1.165, 1.54) is 12.8 Å². The molecule has 0 aromatic carbocycles. The molecule has 0 aliphatic heterocycles. The SMILES string of the molecule is COCCNc1nc(C)cn1CCCCN(C)C(C)C. The molecule has 0 radical (unpaired) electrons. The molecule has 5 nitrogen and oxygen atoms in total. The minimum Gasteiger partial charge on any atom is -0.383 e. The van der Waals surface area contributed by atoms with Crippen LogP contribution < -0.4 is 5.32 Å². The minimum atomic E-state index is 0.622. The number of nitrogens with zero attached hydrogens (tertiary/aromatic N) is 3. The van der Waals surface area contributed by atoms with Crippen molar-refractivity contribution in [2.24, 2.45) is 0 Å². The van der Waals surface area contributed by atoms with Crippen LogP contribution in [-0.2, 0) is 11.3 Å². The molecule has 1 N–H and O–H groups in total. The molecular formula is C15H30N4O. The van der Waals surface area contributed by atoms with Gasteiger partial charge in [-0.2, -0.15) is 0 Å². The number of anilines is 1. The van der Waals surface area contributed by atoms with Crippen molar-refractivity contribution in [3.8, 4) is 0 Å². The molecule has 0 saturated heterocycles. The van der Waals surface area contributed by atoms with Crippen molar-refractivity contribution in [1.82, 2.24) is 14.5 Å². The van der Waals surface area contributed by atoms with Crippen molar-refractivity contribution in [2.45, 2.75) is 46.2 Å². The summed E-state index contributed by atoms with van der Waals surface area (Å²) in [5.74, 6) is 0.955. The molecule has 1 aromatic rings. The van der Waals surface area contributed by atoms with E-state index in [1.54, 1.807) is 7.11 Å². The Labute approximate surface area is 123 Å². The average molecular weight is 282 g/mol. The molecule has 1 rings (SSSR count). The van der Waals surface area contributed by atoms with Gasteiger partial charge in [0.05, 0.1) is 12.3 Å². The van der Waals surface area contributed by atoms with E-state index in [0.717, 1.165) is 31.3 Å². The highest BCUT2D eigenvalue weighted by atomic mass is 16.5. The van der Waals surface area contributed by atoms with Gasteiger partial charge in [-0.05, 0) is 47.2 Å². The predicted molar refractivity (Wildman–Crippen MR) is 84.3 cm³/mol. The predicted octanol–water partition coefficient (Wildman–Crippen LogP) is 2.37. The van der Waals surface area contributed by atoms with E-state index in [9.17, 15) is 0 Å². The maximum Gasteiger partial charge on any atom is 0.203 e. The fraction of sp³-hybridized carbons (Fsp3) is 0.800. The summed E-state index contributed by atoms with van der Waals surface area (Å²) >= 11 is 0. The topological polar surface area (TPSA) is 42.3 Å². The monoisotopic (exact) mass is 282 g/mol. The Hall–Kier alpha value is -1.07. The van der Waals surface area contributed by atoms with Gasteiger partial charge in [0.1, 0.15) is 0 Å². The van der Waals surface area contributed by atoms with E-state index in [1.807, 2.05) is 6.92 Å². The first-order valence-electron chi connectivity index (χ1n) is 7.51. The number of aromatic nitrogens is 2. The summed E-state index contributed by atoms with van der Waals surface area (Å²) in [6, 6.07) is 0.622. The molecule has 0 fully saturated rings. The van der Waals surface area contributed by atoms with Crippen LogP contribution in [0.25, 0.3) is 0 Å². The first-order chi connectivity index (χ1) is 9.54. The lowest BCUT2D eigenvalue weighted by molar-refractivity contribution is 0.210. The van der Waals surface area contributed by atoms with E-state index in [-0.39, 0.29) is 0 Å². The van der Waals surface area contributed by atoms with E-state index in [0.29, 0.717) is 12.6 Å². The van der Waals surface area contributed by atoms with Crippen LogP contribution in [0, 0.1) is 6.92 Å². The number of nitrogens with one attached hydrogen (secondary N) is 1. The molecule has 1 heterocycles. The Bertz CT molecular complexity index is 376. The standard InChI is InChI=1S/C15H30N4O/c1-13(2)18(4)9-6-7-10-19-12-14(3)17-15(19)16-8-11-20-5/h12-13H,6-11H2,1-5H3,(H,16,17). The van der Waals surface area contributed by atoms with Crippen LogP contribution in [0.15, 0.2) is 6.20 Å². The second-order valence-corrected chi connectivity index (χ2v) is 5.60. The summed E-state index contributed by atoms with van der Waals surface area (Å²) in [5, 5.41) is 3.32. The van der Waals surface area contributed by atoms with Crippen LogP contribution in [0.4, 0.5) is 5.95 Å². The quantitative estimate of drug-likeness (QED) is 0.669. The molecule has 0 aliphatic rings. The zero-order valence-electron chi connectivity index (χ0n) is 13.6. The van der Waals surface area contributed by atoms with Crippen molar-refractivity contribution >= 4 is 5.95 Å². The van der Waals surface area contributed by atoms with E-state index >= 15 is 0 Å². The first kappa shape index (κ1) is 17.0. The number of hydrogen-bond donors (Lipinski definition) is 1. The summed E-state index contributed by atoms with van der Waals surface area (Å²) in [7, 11) is 3.90. The van der Waals surface area contributed by atoms with Gasteiger partial charge in [-0.3, -0.25) is 0 Å². The molecule has 116 valence electrons. The number of methoxy groups -OCH3 is 1. The van der Waals surface area contributed by atoms with Gasteiger partial charge < -0.3 is 19.5 Å². The number of rotatable bonds is 10. The zero-order chi connectivity index (χ0) is 15.0. The highest BCUT2D eigenvalue weighted by molar-refractivity contribution is 5.28. The highest BCUT2D eigenvalue weighted by Gasteiger charge is 2.06.